The minimum absolute atomic E-state index is 0.152. The summed E-state index contributed by atoms with van der Waals surface area (Å²) in [6.07, 6.45) is 1.55. The van der Waals surface area contributed by atoms with E-state index in [0.717, 1.165) is 24.0 Å². The van der Waals surface area contributed by atoms with Crippen molar-refractivity contribution in [1.82, 2.24) is 10.7 Å². The normalized spacial score (nSPS) is 11.7. The van der Waals surface area contributed by atoms with Crippen LogP contribution in [0.1, 0.15) is 40.9 Å². The van der Waals surface area contributed by atoms with Crippen molar-refractivity contribution >= 4 is 74.8 Å². The number of hydrogen-bond acceptors (Lipinski definition) is 5. The van der Waals surface area contributed by atoms with Crippen molar-refractivity contribution in [2.24, 2.45) is 11.0 Å². The van der Waals surface area contributed by atoms with Gasteiger partial charge in [0.05, 0.1) is 25.0 Å². The fourth-order valence-electron chi connectivity index (χ4n) is 3.22. The number of benzene rings is 3. The van der Waals surface area contributed by atoms with Crippen LogP contribution in [0.4, 0.5) is 0 Å². The molecule has 3 aromatic rings. The van der Waals surface area contributed by atoms with Crippen LogP contribution in [0.5, 0.6) is 5.75 Å². The van der Waals surface area contributed by atoms with Crippen molar-refractivity contribution in [3.05, 3.63) is 95.1 Å². The molecule has 0 aliphatic heterocycles. The Balaban J connectivity index is 1.61. The second-order valence-electron chi connectivity index (χ2n) is 8.35. The number of nitriles is 1. The van der Waals surface area contributed by atoms with Gasteiger partial charge in [0.2, 0.25) is 0 Å². The topological polar surface area (TPSA) is 104 Å². The Kier molecular flexibility index (Phi) is 10.7. The van der Waals surface area contributed by atoms with Gasteiger partial charge in [-0.3, -0.25) is 9.59 Å². The summed E-state index contributed by atoms with van der Waals surface area (Å²) in [5.41, 5.74) is 5.28. The molecule has 0 radical (unpaired) electrons. The van der Waals surface area contributed by atoms with Gasteiger partial charge in [0.1, 0.15) is 18.4 Å². The number of carbonyl (C=O) groups is 2. The molecule has 0 heterocycles. The first kappa shape index (κ1) is 28.9. The van der Waals surface area contributed by atoms with E-state index in [9.17, 15) is 9.59 Å². The summed E-state index contributed by atoms with van der Waals surface area (Å²) in [6, 6.07) is 18.8. The van der Waals surface area contributed by atoms with Crippen molar-refractivity contribution in [1.29, 1.82) is 5.26 Å². The van der Waals surface area contributed by atoms with Crippen molar-refractivity contribution in [2.45, 2.75) is 26.5 Å². The summed E-state index contributed by atoms with van der Waals surface area (Å²) in [7, 11) is 0. The minimum atomic E-state index is -0.765. The van der Waals surface area contributed by atoms with Crippen LogP contribution >= 0.6 is 56.8 Å². The third kappa shape index (κ3) is 8.41. The van der Waals surface area contributed by atoms with Crippen LogP contribution in [-0.4, -0.2) is 24.1 Å². The third-order valence-electron chi connectivity index (χ3n) is 5.22. The predicted molar refractivity (Wildman–Crippen MR) is 161 cm³/mol. The number of ether oxygens (including phenoxy) is 1. The van der Waals surface area contributed by atoms with Crippen LogP contribution < -0.4 is 15.5 Å². The average molecular weight is 741 g/mol. The van der Waals surface area contributed by atoms with Gasteiger partial charge < -0.3 is 10.1 Å². The lowest BCUT2D eigenvalue weighted by atomic mass is 10.0. The minimum Gasteiger partial charge on any atom is -0.487 e. The fraction of sp³-hybridized carbons (Fsp3) is 0.185. The molecule has 3 aromatic carbocycles. The van der Waals surface area contributed by atoms with Crippen molar-refractivity contribution in [3.8, 4) is 11.8 Å². The maximum absolute atomic E-state index is 12.7. The standard InChI is InChI=1S/C27H23ClI2N4O3/c1-16(2)24(33-26(35)20-7-9-21(28)10-8-20)27(36)34-32-14-19-11-22(29)25(23(30)12-19)37-15-18-5-3-17(13-31)4-6-18/h3-12,14,16,24H,15H2,1-2H3,(H,33,35)(H,34,36). The summed E-state index contributed by atoms with van der Waals surface area (Å²) >= 11 is 10.3. The summed E-state index contributed by atoms with van der Waals surface area (Å²) < 4.78 is 7.78. The van der Waals surface area contributed by atoms with Crippen molar-refractivity contribution in [2.75, 3.05) is 0 Å². The molecular weight excluding hydrogens is 718 g/mol. The van der Waals surface area contributed by atoms with Crippen LogP contribution in [0.3, 0.4) is 0 Å². The number of halogens is 3. The highest BCUT2D eigenvalue weighted by atomic mass is 127. The molecule has 0 fully saturated rings. The molecule has 0 saturated heterocycles. The number of rotatable bonds is 9. The molecule has 0 aromatic heterocycles. The third-order valence-corrected chi connectivity index (χ3v) is 7.07. The quantitative estimate of drug-likeness (QED) is 0.162. The highest BCUT2D eigenvalue weighted by Crippen LogP contribution is 2.29. The monoisotopic (exact) mass is 740 g/mol. The maximum Gasteiger partial charge on any atom is 0.262 e. The Bertz CT molecular complexity index is 1310. The highest BCUT2D eigenvalue weighted by molar-refractivity contribution is 14.1. The van der Waals surface area contributed by atoms with E-state index in [2.05, 4.69) is 67.1 Å². The molecule has 0 spiro atoms. The molecule has 0 bridgehead atoms. The Morgan fingerprint density at radius 1 is 1.08 bits per heavy atom. The Morgan fingerprint density at radius 3 is 2.27 bits per heavy atom. The summed E-state index contributed by atoms with van der Waals surface area (Å²) in [5, 5.41) is 16.3. The molecule has 0 aliphatic rings. The van der Waals surface area contributed by atoms with Crippen LogP contribution in [0.2, 0.25) is 5.02 Å². The fourth-order valence-corrected chi connectivity index (χ4v) is 5.48. The molecule has 7 nitrogen and oxygen atoms in total. The van der Waals surface area contributed by atoms with E-state index in [0.29, 0.717) is 22.8 Å². The molecule has 1 atom stereocenters. The Morgan fingerprint density at radius 2 is 1.70 bits per heavy atom. The second kappa shape index (κ2) is 13.7. The Labute approximate surface area is 247 Å². The predicted octanol–water partition coefficient (Wildman–Crippen LogP) is 5.90. The molecule has 3 rings (SSSR count). The van der Waals surface area contributed by atoms with Gasteiger partial charge in [0, 0.05) is 10.6 Å². The van der Waals surface area contributed by atoms with E-state index in [1.54, 1.807) is 42.6 Å². The number of amides is 2. The van der Waals surface area contributed by atoms with Crippen LogP contribution in [0.15, 0.2) is 65.8 Å². The van der Waals surface area contributed by atoms with Gasteiger partial charge in [-0.05, 0) is 111 Å². The number of carbonyl (C=O) groups excluding carboxylic acids is 2. The van der Waals surface area contributed by atoms with E-state index in [1.165, 1.54) is 0 Å². The molecule has 2 N–H and O–H groups in total. The van der Waals surface area contributed by atoms with Crippen molar-refractivity contribution < 1.29 is 14.3 Å². The zero-order chi connectivity index (χ0) is 26.9. The molecule has 2 amide bonds. The maximum atomic E-state index is 12.7. The first-order chi connectivity index (χ1) is 17.7. The molecule has 0 saturated carbocycles. The molecule has 1 unspecified atom stereocenters. The van der Waals surface area contributed by atoms with E-state index >= 15 is 0 Å². The molecule has 190 valence electrons. The Hall–Kier alpha value is -2.69. The lowest BCUT2D eigenvalue weighted by molar-refractivity contribution is -0.123. The van der Waals surface area contributed by atoms with Gasteiger partial charge in [-0.15, -0.1) is 0 Å². The molecular formula is C27H23ClI2N4O3. The van der Waals surface area contributed by atoms with Crippen molar-refractivity contribution in [3.63, 3.8) is 0 Å². The highest BCUT2D eigenvalue weighted by Gasteiger charge is 2.24. The lowest BCUT2D eigenvalue weighted by Gasteiger charge is -2.20. The summed E-state index contributed by atoms with van der Waals surface area (Å²) in [4.78, 5) is 25.3. The second-order valence-corrected chi connectivity index (χ2v) is 11.1. The first-order valence-electron chi connectivity index (χ1n) is 11.2. The van der Waals surface area contributed by atoms with Crippen LogP contribution in [0.25, 0.3) is 0 Å². The zero-order valence-electron chi connectivity index (χ0n) is 20.0. The van der Waals surface area contributed by atoms with Gasteiger partial charge in [0.25, 0.3) is 11.8 Å². The largest absolute Gasteiger partial charge is 0.487 e. The van der Waals surface area contributed by atoms with Gasteiger partial charge in [-0.25, -0.2) is 5.43 Å². The van der Waals surface area contributed by atoms with Crippen LogP contribution in [0, 0.1) is 24.4 Å². The average Bonchev–Trinajstić information content (AvgIpc) is 2.87. The van der Waals surface area contributed by atoms with E-state index in [4.69, 9.17) is 21.6 Å². The number of nitrogens with one attached hydrogen (secondary N) is 2. The lowest BCUT2D eigenvalue weighted by Crippen LogP contribution is -2.48. The van der Waals surface area contributed by atoms with Gasteiger partial charge in [-0.1, -0.05) is 37.6 Å². The zero-order valence-corrected chi connectivity index (χ0v) is 25.0. The van der Waals surface area contributed by atoms with Crippen LogP contribution in [-0.2, 0) is 11.4 Å². The van der Waals surface area contributed by atoms with E-state index in [1.807, 2.05) is 38.1 Å². The molecule has 0 aliphatic carbocycles. The molecule has 10 heteroatoms. The molecule has 37 heavy (non-hydrogen) atoms. The summed E-state index contributed by atoms with van der Waals surface area (Å²) in [5.74, 6) is -0.187. The van der Waals surface area contributed by atoms with Gasteiger partial charge in [-0.2, -0.15) is 10.4 Å². The summed E-state index contributed by atoms with van der Waals surface area (Å²) in [6.45, 7) is 4.06. The number of hydrazone groups is 1. The van der Waals surface area contributed by atoms with E-state index in [-0.39, 0.29) is 11.8 Å². The number of nitrogens with zero attached hydrogens (tertiary/aromatic N) is 2. The van der Waals surface area contributed by atoms with E-state index < -0.39 is 11.9 Å². The first-order valence-corrected chi connectivity index (χ1v) is 13.7. The SMILES string of the molecule is CC(C)C(NC(=O)c1ccc(Cl)cc1)C(=O)NN=Cc1cc(I)c(OCc2ccc(C#N)cc2)c(I)c1. The van der Waals surface area contributed by atoms with Gasteiger partial charge in [0.15, 0.2) is 0 Å². The smallest absolute Gasteiger partial charge is 0.262 e. The van der Waals surface area contributed by atoms with Gasteiger partial charge >= 0.3 is 0 Å². The number of hydrogen-bond donors (Lipinski definition) is 2.